The van der Waals surface area contributed by atoms with Crippen LogP contribution in [0.2, 0.25) is 0 Å². The number of ether oxygens (including phenoxy) is 1. The van der Waals surface area contributed by atoms with Gasteiger partial charge in [-0.15, -0.1) is 0 Å². The summed E-state index contributed by atoms with van der Waals surface area (Å²) in [6.45, 7) is 4.02. The number of benzene rings is 2. The van der Waals surface area contributed by atoms with Crippen molar-refractivity contribution in [1.82, 2.24) is 10.2 Å². The molecule has 0 spiro atoms. The molecule has 0 aromatic heterocycles. The third-order valence-corrected chi connectivity index (χ3v) is 6.59. The molecule has 0 unspecified atom stereocenters. The molecule has 0 aliphatic rings. The number of carbonyl (C=O) groups excluding carboxylic acids is 2. The van der Waals surface area contributed by atoms with E-state index in [-0.39, 0.29) is 31.3 Å². The molecule has 2 amide bonds. The molecule has 2 aromatic carbocycles. The molecule has 2 aromatic rings. The normalized spacial score (nSPS) is 12.0. The Morgan fingerprint density at radius 1 is 1.06 bits per heavy atom. The molecule has 33 heavy (non-hydrogen) atoms. The van der Waals surface area contributed by atoms with E-state index < -0.39 is 16.1 Å². The Kier molecular flexibility index (Phi) is 9.28. The predicted octanol–water partition coefficient (Wildman–Crippen LogP) is 2.71. The summed E-state index contributed by atoms with van der Waals surface area (Å²) in [5.74, 6) is 0.210. The van der Waals surface area contributed by atoms with E-state index in [4.69, 9.17) is 4.74 Å². The Morgan fingerprint density at radius 2 is 1.67 bits per heavy atom. The van der Waals surface area contributed by atoms with Gasteiger partial charge in [0.15, 0.2) is 0 Å². The number of carbonyl (C=O) groups is 2. The van der Waals surface area contributed by atoms with Crippen LogP contribution < -0.4 is 14.4 Å². The molecule has 9 heteroatoms. The summed E-state index contributed by atoms with van der Waals surface area (Å²) in [6.07, 6.45) is 1.58. The number of methoxy groups -OCH3 is 1. The number of sulfonamides is 1. The number of aryl methyl sites for hydroxylation is 1. The van der Waals surface area contributed by atoms with Gasteiger partial charge in [-0.1, -0.05) is 29.8 Å². The molecule has 0 saturated heterocycles. The molecule has 0 heterocycles. The van der Waals surface area contributed by atoms with Gasteiger partial charge in [0, 0.05) is 26.6 Å². The molecule has 1 N–H and O–H groups in total. The van der Waals surface area contributed by atoms with Crippen LogP contribution in [0.1, 0.15) is 30.9 Å². The molecule has 0 aliphatic heterocycles. The predicted molar refractivity (Wildman–Crippen MR) is 130 cm³/mol. The number of likely N-dealkylation sites (N-methyl/N-ethyl adjacent to an activating group) is 1. The van der Waals surface area contributed by atoms with E-state index in [2.05, 4.69) is 5.32 Å². The summed E-state index contributed by atoms with van der Waals surface area (Å²) in [5, 5.41) is 2.58. The van der Waals surface area contributed by atoms with Crippen LogP contribution in [0.5, 0.6) is 5.75 Å². The highest BCUT2D eigenvalue weighted by molar-refractivity contribution is 7.92. The van der Waals surface area contributed by atoms with Crippen LogP contribution in [0, 0.1) is 6.92 Å². The minimum absolute atomic E-state index is 0.107. The Hall–Kier alpha value is -3.07. The van der Waals surface area contributed by atoms with Gasteiger partial charge in [0.05, 0.1) is 19.1 Å². The second kappa shape index (κ2) is 11.7. The van der Waals surface area contributed by atoms with Gasteiger partial charge >= 0.3 is 0 Å². The summed E-state index contributed by atoms with van der Waals surface area (Å²) in [5.41, 5.74) is 2.45. The SMILES string of the molecule is CNC(=O)[C@H](C)N(Cc1ccc(OC)cc1)C(=O)CCCN(c1ccc(C)cc1)S(C)(=O)=O. The van der Waals surface area contributed by atoms with Crippen LogP contribution >= 0.6 is 0 Å². The van der Waals surface area contributed by atoms with Crippen LogP contribution in [0.25, 0.3) is 0 Å². The van der Waals surface area contributed by atoms with Gasteiger partial charge in [-0.3, -0.25) is 13.9 Å². The van der Waals surface area contributed by atoms with Gasteiger partial charge in [-0.25, -0.2) is 8.42 Å². The molecule has 0 bridgehead atoms. The molecule has 0 fully saturated rings. The highest BCUT2D eigenvalue weighted by Crippen LogP contribution is 2.20. The third kappa shape index (κ3) is 7.49. The maximum Gasteiger partial charge on any atom is 0.242 e. The topological polar surface area (TPSA) is 96.0 Å². The monoisotopic (exact) mass is 475 g/mol. The minimum atomic E-state index is -3.51. The van der Waals surface area contributed by atoms with E-state index in [0.717, 1.165) is 17.4 Å². The molecule has 1 atom stereocenters. The summed E-state index contributed by atoms with van der Waals surface area (Å²) >= 11 is 0. The zero-order valence-electron chi connectivity index (χ0n) is 19.9. The molecule has 0 saturated carbocycles. The summed E-state index contributed by atoms with van der Waals surface area (Å²) in [6, 6.07) is 13.8. The Morgan fingerprint density at radius 3 is 2.18 bits per heavy atom. The Labute approximate surface area is 196 Å². The molecule has 0 radical (unpaired) electrons. The molecule has 8 nitrogen and oxygen atoms in total. The smallest absolute Gasteiger partial charge is 0.242 e. The van der Waals surface area contributed by atoms with Gasteiger partial charge in [-0.05, 0) is 50.1 Å². The van der Waals surface area contributed by atoms with E-state index in [1.807, 2.05) is 31.2 Å². The first-order chi connectivity index (χ1) is 15.6. The number of amides is 2. The first-order valence-electron chi connectivity index (χ1n) is 10.7. The number of hydrogen-bond donors (Lipinski definition) is 1. The van der Waals surface area contributed by atoms with Crippen LogP contribution in [0.4, 0.5) is 5.69 Å². The van der Waals surface area contributed by atoms with E-state index in [0.29, 0.717) is 17.9 Å². The Bertz CT molecular complexity index is 1040. The molecular formula is C24H33N3O5S. The first-order valence-corrected chi connectivity index (χ1v) is 12.6. The van der Waals surface area contributed by atoms with Gasteiger partial charge in [-0.2, -0.15) is 0 Å². The average Bonchev–Trinajstić information content (AvgIpc) is 2.79. The van der Waals surface area contributed by atoms with Crippen LogP contribution in [-0.2, 0) is 26.2 Å². The largest absolute Gasteiger partial charge is 0.497 e. The number of nitrogens with one attached hydrogen (secondary N) is 1. The van der Waals surface area contributed by atoms with Crippen LogP contribution in [0.15, 0.2) is 48.5 Å². The number of nitrogens with zero attached hydrogens (tertiary/aromatic N) is 2. The molecular weight excluding hydrogens is 442 g/mol. The molecule has 0 aliphatic carbocycles. The van der Waals surface area contributed by atoms with Gasteiger partial charge in [0.2, 0.25) is 21.8 Å². The van der Waals surface area contributed by atoms with Crippen LogP contribution in [-0.4, -0.2) is 58.1 Å². The average molecular weight is 476 g/mol. The van der Waals surface area contributed by atoms with Crippen molar-refractivity contribution in [2.45, 2.75) is 39.3 Å². The highest BCUT2D eigenvalue weighted by atomic mass is 32.2. The minimum Gasteiger partial charge on any atom is -0.497 e. The number of hydrogen-bond acceptors (Lipinski definition) is 5. The van der Waals surface area contributed by atoms with Crippen molar-refractivity contribution >= 4 is 27.5 Å². The van der Waals surface area contributed by atoms with E-state index in [9.17, 15) is 18.0 Å². The van der Waals surface area contributed by atoms with Crippen molar-refractivity contribution in [3.05, 3.63) is 59.7 Å². The third-order valence-electron chi connectivity index (χ3n) is 5.40. The summed E-state index contributed by atoms with van der Waals surface area (Å²) in [7, 11) is -0.399. The fourth-order valence-electron chi connectivity index (χ4n) is 3.43. The lowest BCUT2D eigenvalue weighted by Gasteiger charge is -2.29. The second-order valence-electron chi connectivity index (χ2n) is 7.93. The lowest BCUT2D eigenvalue weighted by molar-refractivity contribution is -0.140. The quantitative estimate of drug-likeness (QED) is 0.539. The maximum absolute atomic E-state index is 13.1. The molecule has 180 valence electrons. The van der Waals surface area contributed by atoms with Gasteiger partial charge < -0.3 is 15.0 Å². The van der Waals surface area contributed by atoms with Crippen molar-refractivity contribution in [3.63, 3.8) is 0 Å². The molecule has 2 rings (SSSR count). The highest BCUT2D eigenvalue weighted by Gasteiger charge is 2.26. The van der Waals surface area contributed by atoms with E-state index in [1.165, 1.54) is 16.3 Å². The van der Waals surface area contributed by atoms with Crippen molar-refractivity contribution < 1.29 is 22.7 Å². The lowest BCUT2D eigenvalue weighted by atomic mass is 10.1. The Balaban J connectivity index is 2.13. The van der Waals surface area contributed by atoms with E-state index >= 15 is 0 Å². The lowest BCUT2D eigenvalue weighted by Crippen LogP contribution is -2.46. The van der Waals surface area contributed by atoms with E-state index in [1.54, 1.807) is 38.3 Å². The summed E-state index contributed by atoms with van der Waals surface area (Å²) < 4.78 is 31.1. The fraction of sp³-hybridized carbons (Fsp3) is 0.417. The fourth-order valence-corrected chi connectivity index (χ4v) is 4.40. The second-order valence-corrected chi connectivity index (χ2v) is 9.84. The van der Waals surface area contributed by atoms with Crippen molar-refractivity contribution in [2.24, 2.45) is 0 Å². The van der Waals surface area contributed by atoms with Crippen molar-refractivity contribution in [1.29, 1.82) is 0 Å². The zero-order chi connectivity index (χ0) is 24.6. The van der Waals surface area contributed by atoms with Crippen LogP contribution in [0.3, 0.4) is 0 Å². The van der Waals surface area contributed by atoms with Gasteiger partial charge in [0.1, 0.15) is 11.8 Å². The maximum atomic E-state index is 13.1. The van der Waals surface area contributed by atoms with Gasteiger partial charge in [0.25, 0.3) is 0 Å². The first kappa shape index (κ1) is 26.2. The van der Waals surface area contributed by atoms with Crippen molar-refractivity contribution in [3.8, 4) is 5.75 Å². The number of anilines is 1. The van der Waals surface area contributed by atoms with Crippen molar-refractivity contribution in [2.75, 3.05) is 31.3 Å². The standard InChI is InChI=1S/C24H33N3O5S/c1-18-8-12-21(13-9-18)27(33(5,30)31)16-6-7-23(28)26(19(2)24(29)25-3)17-20-10-14-22(32-4)15-11-20/h8-15,19H,6-7,16-17H2,1-5H3,(H,25,29)/t19-/m0/s1. The summed E-state index contributed by atoms with van der Waals surface area (Å²) in [4.78, 5) is 26.9. The zero-order valence-corrected chi connectivity index (χ0v) is 20.7. The number of rotatable bonds is 11.